The second-order valence-corrected chi connectivity index (χ2v) is 7.08. The Labute approximate surface area is 130 Å². The fourth-order valence-corrected chi connectivity index (χ4v) is 3.39. The summed E-state index contributed by atoms with van der Waals surface area (Å²) in [5.41, 5.74) is 1.28. The van der Waals surface area contributed by atoms with E-state index in [4.69, 9.17) is 4.74 Å². The van der Waals surface area contributed by atoms with Crippen molar-refractivity contribution in [1.29, 1.82) is 0 Å². The lowest BCUT2D eigenvalue weighted by Crippen LogP contribution is -2.15. The van der Waals surface area contributed by atoms with Gasteiger partial charge in [-0.1, -0.05) is 0 Å². The first-order valence-electron chi connectivity index (χ1n) is 6.03. The highest BCUT2D eigenvalue weighted by molar-refractivity contribution is 9.11. The smallest absolute Gasteiger partial charge is 0.147 e. The van der Waals surface area contributed by atoms with E-state index in [-0.39, 0.29) is 0 Å². The van der Waals surface area contributed by atoms with E-state index < -0.39 is 0 Å². The second-order valence-electron chi connectivity index (χ2n) is 4.39. The molecule has 1 fully saturated rings. The van der Waals surface area contributed by atoms with Gasteiger partial charge in [0.1, 0.15) is 5.75 Å². The predicted molar refractivity (Wildman–Crippen MR) is 85.6 cm³/mol. The van der Waals surface area contributed by atoms with E-state index >= 15 is 0 Å². The molecule has 0 aliphatic heterocycles. The number of benzene rings is 1. The van der Waals surface area contributed by atoms with Gasteiger partial charge >= 0.3 is 0 Å². The zero-order valence-electron chi connectivity index (χ0n) is 10.3. The van der Waals surface area contributed by atoms with Gasteiger partial charge in [-0.2, -0.15) is 11.8 Å². The number of nitrogens with one attached hydrogen (secondary N) is 1. The summed E-state index contributed by atoms with van der Waals surface area (Å²) in [4.78, 5) is 0. The second kappa shape index (κ2) is 7.17. The van der Waals surface area contributed by atoms with Crippen molar-refractivity contribution in [2.75, 3.05) is 18.6 Å². The van der Waals surface area contributed by atoms with Crippen LogP contribution in [0.15, 0.2) is 21.1 Å². The van der Waals surface area contributed by atoms with Crippen LogP contribution in [0.3, 0.4) is 0 Å². The zero-order valence-corrected chi connectivity index (χ0v) is 14.3. The maximum absolute atomic E-state index is 5.77. The molecule has 2 nitrogen and oxygen atoms in total. The van der Waals surface area contributed by atoms with E-state index in [0.717, 1.165) is 39.6 Å². The van der Waals surface area contributed by atoms with E-state index in [1.807, 2.05) is 0 Å². The van der Waals surface area contributed by atoms with Crippen LogP contribution >= 0.6 is 43.6 Å². The van der Waals surface area contributed by atoms with Gasteiger partial charge in [0.2, 0.25) is 0 Å². The number of thioether (sulfide) groups is 1. The Morgan fingerprint density at radius 1 is 1.33 bits per heavy atom. The molecule has 1 aliphatic rings. The number of hydrogen-bond acceptors (Lipinski definition) is 3. The highest BCUT2D eigenvalue weighted by Gasteiger charge is 2.20. The molecular formula is C13H17Br2NOS. The molecule has 2 rings (SSSR count). The monoisotopic (exact) mass is 393 g/mol. The molecule has 1 aromatic carbocycles. The first-order chi connectivity index (χ1) is 8.70. The van der Waals surface area contributed by atoms with Crippen LogP contribution in [0.5, 0.6) is 5.75 Å². The number of hydrogen-bond donors (Lipinski definition) is 1. The van der Waals surface area contributed by atoms with E-state index in [1.54, 1.807) is 11.8 Å². The molecule has 0 radical (unpaired) electrons. The summed E-state index contributed by atoms with van der Waals surface area (Å²) >= 11 is 8.95. The molecule has 0 amide bonds. The van der Waals surface area contributed by atoms with Crippen LogP contribution in [0.1, 0.15) is 18.4 Å². The van der Waals surface area contributed by atoms with Crippen LogP contribution in [0.4, 0.5) is 0 Å². The summed E-state index contributed by atoms with van der Waals surface area (Å²) in [7, 11) is 0. The third-order valence-corrected chi connectivity index (χ3v) is 4.52. The third kappa shape index (κ3) is 4.44. The molecule has 1 aliphatic carbocycles. The Balaban J connectivity index is 1.97. The number of rotatable bonds is 7. The lowest BCUT2D eigenvalue weighted by atomic mass is 10.2. The number of halogens is 2. The summed E-state index contributed by atoms with van der Waals surface area (Å²) in [6.07, 6.45) is 4.72. The molecule has 1 N–H and O–H groups in total. The Kier molecular flexibility index (Phi) is 5.86. The van der Waals surface area contributed by atoms with Crippen molar-refractivity contribution >= 4 is 43.6 Å². The van der Waals surface area contributed by atoms with Gasteiger partial charge in [0.25, 0.3) is 0 Å². The van der Waals surface area contributed by atoms with Crippen molar-refractivity contribution < 1.29 is 4.74 Å². The van der Waals surface area contributed by atoms with E-state index in [2.05, 4.69) is 55.6 Å². The lowest BCUT2D eigenvalue weighted by Gasteiger charge is -2.12. The first kappa shape index (κ1) is 14.7. The van der Waals surface area contributed by atoms with Crippen LogP contribution in [-0.2, 0) is 6.54 Å². The molecule has 0 unspecified atom stereocenters. The standard InChI is InChI=1S/C13H17Br2NOS/c1-18-5-4-17-13-11(14)6-9(7-12(13)15)8-16-10-2-3-10/h6-7,10,16H,2-5,8H2,1H3. The van der Waals surface area contributed by atoms with Gasteiger partial charge < -0.3 is 10.1 Å². The fourth-order valence-electron chi connectivity index (χ4n) is 1.63. The van der Waals surface area contributed by atoms with Crippen LogP contribution in [0.25, 0.3) is 0 Å². The topological polar surface area (TPSA) is 21.3 Å². The van der Waals surface area contributed by atoms with Crippen molar-refractivity contribution in [3.8, 4) is 5.75 Å². The summed E-state index contributed by atoms with van der Waals surface area (Å²) < 4.78 is 7.80. The molecule has 0 saturated heterocycles. The van der Waals surface area contributed by atoms with E-state index in [9.17, 15) is 0 Å². The van der Waals surface area contributed by atoms with Gasteiger partial charge in [-0.25, -0.2) is 0 Å². The molecule has 0 atom stereocenters. The summed E-state index contributed by atoms with van der Waals surface area (Å²) in [5, 5.41) is 3.51. The summed E-state index contributed by atoms with van der Waals surface area (Å²) in [6.45, 7) is 1.66. The van der Waals surface area contributed by atoms with E-state index in [0.29, 0.717) is 0 Å². The predicted octanol–water partition coefficient (Wildman–Crippen LogP) is 4.21. The summed E-state index contributed by atoms with van der Waals surface area (Å²) in [5.74, 6) is 1.91. The highest BCUT2D eigenvalue weighted by Crippen LogP contribution is 2.35. The molecule has 18 heavy (non-hydrogen) atoms. The van der Waals surface area contributed by atoms with Crippen molar-refractivity contribution in [2.45, 2.75) is 25.4 Å². The molecule has 1 saturated carbocycles. The molecule has 5 heteroatoms. The molecule has 0 bridgehead atoms. The Morgan fingerprint density at radius 2 is 2.00 bits per heavy atom. The molecule has 0 heterocycles. The first-order valence-corrected chi connectivity index (χ1v) is 9.01. The minimum Gasteiger partial charge on any atom is -0.490 e. The van der Waals surface area contributed by atoms with Crippen LogP contribution in [0, 0.1) is 0 Å². The van der Waals surface area contributed by atoms with Crippen LogP contribution in [-0.4, -0.2) is 24.7 Å². The lowest BCUT2D eigenvalue weighted by molar-refractivity contribution is 0.339. The van der Waals surface area contributed by atoms with Gasteiger partial charge in [0.05, 0.1) is 15.6 Å². The van der Waals surface area contributed by atoms with Crippen molar-refractivity contribution in [3.63, 3.8) is 0 Å². The maximum Gasteiger partial charge on any atom is 0.147 e. The van der Waals surface area contributed by atoms with Crippen LogP contribution in [0.2, 0.25) is 0 Å². The highest BCUT2D eigenvalue weighted by atomic mass is 79.9. The minimum absolute atomic E-state index is 0.734. The average Bonchev–Trinajstić information content (AvgIpc) is 3.14. The van der Waals surface area contributed by atoms with Crippen molar-refractivity contribution in [1.82, 2.24) is 5.32 Å². The molecule has 0 spiro atoms. The fraction of sp³-hybridized carbons (Fsp3) is 0.538. The van der Waals surface area contributed by atoms with Gasteiger partial charge in [-0.05, 0) is 68.7 Å². The largest absolute Gasteiger partial charge is 0.490 e. The summed E-state index contributed by atoms with van der Waals surface area (Å²) in [6, 6.07) is 5.00. The Bertz CT molecular complexity index is 387. The average molecular weight is 395 g/mol. The Morgan fingerprint density at radius 3 is 2.56 bits per heavy atom. The maximum atomic E-state index is 5.77. The molecular weight excluding hydrogens is 378 g/mol. The number of ether oxygens (including phenoxy) is 1. The van der Waals surface area contributed by atoms with Crippen molar-refractivity contribution in [3.05, 3.63) is 26.6 Å². The normalized spacial score (nSPS) is 14.8. The third-order valence-electron chi connectivity index (χ3n) is 2.76. The molecule has 1 aromatic rings. The quantitative estimate of drug-likeness (QED) is 0.700. The minimum atomic E-state index is 0.734. The van der Waals surface area contributed by atoms with Crippen LogP contribution < -0.4 is 10.1 Å². The van der Waals surface area contributed by atoms with Crippen molar-refractivity contribution in [2.24, 2.45) is 0 Å². The molecule has 100 valence electrons. The van der Waals surface area contributed by atoms with Gasteiger partial charge in [-0.3, -0.25) is 0 Å². The molecule has 0 aromatic heterocycles. The van der Waals surface area contributed by atoms with Gasteiger partial charge in [0, 0.05) is 18.3 Å². The van der Waals surface area contributed by atoms with Gasteiger partial charge in [-0.15, -0.1) is 0 Å². The Hall–Kier alpha value is 0.290. The van der Waals surface area contributed by atoms with E-state index in [1.165, 1.54) is 18.4 Å². The SMILES string of the molecule is CSCCOc1c(Br)cc(CNC2CC2)cc1Br. The zero-order chi connectivity index (χ0) is 13.0. The van der Waals surface area contributed by atoms with Gasteiger partial charge in [0.15, 0.2) is 0 Å².